The first-order chi connectivity index (χ1) is 17.6. The first-order valence-electron chi connectivity index (χ1n) is 11.1. The summed E-state index contributed by atoms with van der Waals surface area (Å²) >= 11 is 0. The molecule has 0 aromatic heterocycles. The van der Waals surface area contributed by atoms with Gasteiger partial charge in [0.15, 0.2) is 12.2 Å². The van der Waals surface area contributed by atoms with E-state index in [-0.39, 0.29) is 35.8 Å². The van der Waals surface area contributed by atoms with Gasteiger partial charge in [0, 0.05) is 36.1 Å². The Balaban J connectivity index is 1.47. The minimum absolute atomic E-state index is 0.00103. The number of carboxylic acids is 1. The first-order valence-corrected chi connectivity index (χ1v) is 11.1. The number of carboxylic acid groups (broad SMARTS) is 1. The molecule has 0 bridgehead atoms. The van der Waals surface area contributed by atoms with Crippen molar-refractivity contribution in [2.45, 2.75) is 12.2 Å². The number of aliphatic hydroxyl groups excluding tert-OH is 1. The van der Waals surface area contributed by atoms with E-state index in [2.05, 4.69) is 10.6 Å². The van der Waals surface area contributed by atoms with Crippen LogP contribution in [0.2, 0.25) is 0 Å². The van der Waals surface area contributed by atoms with Gasteiger partial charge in [0.25, 0.3) is 23.6 Å². The normalized spacial score (nSPS) is 17.6. The number of carbonyl (C=O) groups excluding carboxylic acids is 4. The summed E-state index contributed by atoms with van der Waals surface area (Å²) in [5, 5.41) is 32.0. The molecule has 4 rings (SSSR count). The van der Waals surface area contributed by atoms with E-state index in [9.17, 15) is 29.1 Å². The molecule has 2 aliphatic rings. The van der Waals surface area contributed by atoms with Crippen molar-refractivity contribution in [3.63, 3.8) is 0 Å². The van der Waals surface area contributed by atoms with Gasteiger partial charge in [-0.05, 0) is 36.4 Å². The third kappa shape index (κ3) is 5.17. The lowest BCUT2D eigenvalue weighted by Gasteiger charge is -2.34. The van der Waals surface area contributed by atoms with Crippen molar-refractivity contribution in [3.8, 4) is 0 Å². The summed E-state index contributed by atoms with van der Waals surface area (Å²) in [6.07, 6.45) is -3.42. The monoisotopic (exact) mass is 509 g/mol. The Labute approximate surface area is 210 Å². The van der Waals surface area contributed by atoms with Crippen LogP contribution in [0.15, 0.2) is 42.5 Å². The Kier molecular flexibility index (Phi) is 7.00. The molecular formula is C24H23N5O8. The van der Waals surface area contributed by atoms with Crippen molar-refractivity contribution in [1.29, 1.82) is 5.41 Å². The summed E-state index contributed by atoms with van der Waals surface area (Å²) < 4.78 is 5.39. The number of aliphatic hydroxyl groups is 1. The number of amidine groups is 1. The number of likely N-dealkylation sites (N-methyl/N-ethyl adjacent to an activating group) is 1. The minimum Gasteiger partial charge on any atom is -0.480 e. The van der Waals surface area contributed by atoms with Gasteiger partial charge in [-0.2, -0.15) is 0 Å². The lowest BCUT2D eigenvalue weighted by molar-refractivity contribution is -0.150. The lowest BCUT2D eigenvalue weighted by atomic mass is 10.1. The second-order valence-corrected chi connectivity index (χ2v) is 8.41. The Morgan fingerprint density at radius 2 is 1.97 bits per heavy atom. The van der Waals surface area contributed by atoms with Gasteiger partial charge in [0.05, 0.1) is 12.2 Å². The number of nitrogens with zero attached hydrogens (tertiary/aromatic N) is 2. The summed E-state index contributed by atoms with van der Waals surface area (Å²) in [4.78, 5) is 63.5. The third-order valence-corrected chi connectivity index (χ3v) is 5.84. The maximum absolute atomic E-state index is 13.1. The molecule has 1 saturated heterocycles. The second kappa shape index (κ2) is 10.2. The number of hydrogen-bond donors (Lipinski definition) is 5. The molecule has 192 valence electrons. The van der Waals surface area contributed by atoms with E-state index >= 15 is 0 Å². The number of nitrogens with one attached hydrogen (secondary N) is 3. The van der Waals surface area contributed by atoms with Gasteiger partial charge in [0.1, 0.15) is 12.4 Å². The minimum atomic E-state index is -1.89. The second-order valence-electron chi connectivity index (χ2n) is 8.41. The van der Waals surface area contributed by atoms with E-state index in [0.29, 0.717) is 11.3 Å². The number of rotatable bonds is 7. The maximum Gasteiger partial charge on any atom is 0.323 e. The van der Waals surface area contributed by atoms with Gasteiger partial charge in [-0.1, -0.05) is 6.07 Å². The molecule has 2 aliphatic heterocycles. The van der Waals surface area contributed by atoms with E-state index in [0.717, 1.165) is 4.90 Å². The number of aliphatic carboxylic acids is 1. The van der Waals surface area contributed by atoms with Crippen molar-refractivity contribution in [3.05, 3.63) is 59.2 Å². The van der Waals surface area contributed by atoms with Crippen LogP contribution in [0.4, 0.5) is 11.4 Å². The van der Waals surface area contributed by atoms with Gasteiger partial charge in [-0.3, -0.25) is 29.4 Å². The summed E-state index contributed by atoms with van der Waals surface area (Å²) in [7, 11) is 1.34. The van der Waals surface area contributed by atoms with Gasteiger partial charge in [-0.15, -0.1) is 0 Å². The van der Waals surface area contributed by atoms with Gasteiger partial charge in [0.2, 0.25) is 0 Å². The summed E-state index contributed by atoms with van der Waals surface area (Å²) in [5.41, 5.74) is 1.22. The van der Waals surface area contributed by atoms with Gasteiger partial charge in [-0.25, -0.2) is 0 Å². The summed E-state index contributed by atoms with van der Waals surface area (Å²) in [6.45, 7) is -0.405. The fourth-order valence-corrected chi connectivity index (χ4v) is 4.02. The highest BCUT2D eigenvalue weighted by Gasteiger charge is 2.39. The predicted molar refractivity (Wildman–Crippen MR) is 129 cm³/mol. The smallest absolute Gasteiger partial charge is 0.323 e. The van der Waals surface area contributed by atoms with Crippen molar-refractivity contribution >= 4 is 46.8 Å². The highest BCUT2D eigenvalue weighted by molar-refractivity contribution is 6.23. The van der Waals surface area contributed by atoms with E-state index in [1.165, 1.54) is 48.3 Å². The van der Waals surface area contributed by atoms with E-state index in [1.54, 1.807) is 6.07 Å². The molecular weight excluding hydrogens is 486 g/mol. The molecule has 1 fully saturated rings. The molecule has 13 nitrogen and oxygen atoms in total. The molecule has 2 heterocycles. The van der Waals surface area contributed by atoms with Crippen LogP contribution < -0.4 is 15.5 Å². The molecule has 13 heteroatoms. The number of hydrogen-bond acceptors (Lipinski definition) is 8. The van der Waals surface area contributed by atoms with Crippen LogP contribution >= 0.6 is 0 Å². The molecule has 0 saturated carbocycles. The van der Waals surface area contributed by atoms with E-state index < -0.39 is 48.4 Å². The summed E-state index contributed by atoms with van der Waals surface area (Å²) in [5.74, 6) is -3.93. The SMILES string of the molecule is CN(CC(=O)O)C(=O)c1cccc(N2CCO[C@H]([C@@H](O)C(=O)Nc3ccc4c(c3)C(=O)NC4=N)C2=O)c1. The number of anilines is 2. The van der Waals surface area contributed by atoms with Crippen LogP contribution in [0.1, 0.15) is 26.3 Å². The fourth-order valence-electron chi connectivity index (χ4n) is 4.02. The third-order valence-electron chi connectivity index (χ3n) is 5.84. The van der Waals surface area contributed by atoms with E-state index in [1.807, 2.05) is 0 Å². The molecule has 0 unspecified atom stereocenters. The average Bonchev–Trinajstić information content (AvgIpc) is 3.15. The molecule has 2 atom stereocenters. The zero-order valence-corrected chi connectivity index (χ0v) is 19.6. The fraction of sp³-hybridized carbons (Fsp3) is 0.250. The summed E-state index contributed by atoms with van der Waals surface area (Å²) in [6, 6.07) is 10.3. The molecule has 0 radical (unpaired) electrons. The Bertz CT molecular complexity index is 1330. The Hall–Kier alpha value is -4.62. The quantitative estimate of drug-likeness (QED) is 0.334. The van der Waals surface area contributed by atoms with Crippen LogP contribution in [0.25, 0.3) is 0 Å². The van der Waals surface area contributed by atoms with Crippen molar-refractivity contribution in [2.75, 3.05) is 37.0 Å². The highest BCUT2D eigenvalue weighted by atomic mass is 16.5. The van der Waals surface area contributed by atoms with Gasteiger partial charge >= 0.3 is 5.97 Å². The molecule has 2 aromatic carbocycles. The van der Waals surface area contributed by atoms with Crippen LogP contribution in [-0.2, 0) is 19.1 Å². The largest absolute Gasteiger partial charge is 0.480 e. The topological polar surface area (TPSA) is 189 Å². The van der Waals surface area contributed by atoms with Crippen molar-refractivity contribution in [2.24, 2.45) is 0 Å². The van der Waals surface area contributed by atoms with Crippen LogP contribution in [0, 0.1) is 5.41 Å². The highest BCUT2D eigenvalue weighted by Crippen LogP contribution is 2.24. The molecule has 37 heavy (non-hydrogen) atoms. The van der Waals surface area contributed by atoms with Crippen LogP contribution in [-0.4, -0.2) is 89.5 Å². The standard InChI is InChI=1S/C24H23N5O8/c1-28(11-17(30)31)23(35)12-3-2-4-14(9-12)29-7-8-37-19(24(29)36)18(32)22(34)26-13-5-6-15-16(10-13)21(33)27-20(15)25/h2-6,9-10,18-19,32H,7-8,11H2,1H3,(H,26,34)(H,30,31)(H2,25,27,33)/t18-,19-/m1/s1. The van der Waals surface area contributed by atoms with Crippen LogP contribution in [0.5, 0.6) is 0 Å². The Morgan fingerprint density at radius 1 is 1.22 bits per heavy atom. The van der Waals surface area contributed by atoms with Crippen LogP contribution in [0.3, 0.4) is 0 Å². The first kappa shape index (κ1) is 25.5. The zero-order chi connectivity index (χ0) is 26.9. The van der Waals surface area contributed by atoms with Crippen molar-refractivity contribution < 1.29 is 38.9 Å². The number of fused-ring (bicyclic) bond motifs is 1. The molecule has 0 spiro atoms. The molecule has 4 amide bonds. The Morgan fingerprint density at radius 3 is 2.70 bits per heavy atom. The van der Waals surface area contributed by atoms with Crippen molar-refractivity contribution in [1.82, 2.24) is 10.2 Å². The number of amides is 4. The number of morpholine rings is 1. The van der Waals surface area contributed by atoms with E-state index in [4.69, 9.17) is 15.3 Å². The molecule has 2 aromatic rings. The zero-order valence-electron chi connectivity index (χ0n) is 19.6. The lowest BCUT2D eigenvalue weighted by Crippen LogP contribution is -2.55. The number of carbonyl (C=O) groups is 5. The molecule has 0 aliphatic carbocycles. The van der Waals surface area contributed by atoms with Gasteiger partial charge < -0.3 is 35.4 Å². The maximum atomic E-state index is 13.1. The number of benzene rings is 2. The average molecular weight is 509 g/mol. The number of ether oxygens (including phenoxy) is 1. The predicted octanol–water partition coefficient (Wildman–Crippen LogP) is -0.357. The molecule has 5 N–H and O–H groups in total.